The molecule has 0 unspecified atom stereocenters. The third-order valence-corrected chi connectivity index (χ3v) is 6.58. The zero-order valence-electron chi connectivity index (χ0n) is 13.1. The molecule has 2 N–H and O–H groups in total. The monoisotopic (exact) mass is 388 g/mol. The molecule has 0 aliphatic heterocycles. The standard InChI is InChI=1S/C15H17ClN2O4S2/c1-11-8-13(16)6-7-15(11)24(21,22)18-10-12-4-3-5-14(9-12)23(19,20)17-2/h3-9,17-18H,10H2,1-2H3. The van der Waals surface area contributed by atoms with Gasteiger partial charge in [-0.3, -0.25) is 0 Å². The fourth-order valence-corrected chi connectivity index (χ4v) is 4.38. The first-order chi connectivity index (χ1) is 11.2. The Morgan fingerprint density at radius 1 is 1.00 bits per heavy atom. The van der Waals surface area contributed by atoms with Gasteiger partial charge in [-0.2, -0.15) is 0 Å². The van der Waals surface area contributed by atoms with Crippen LogP contribution in [0.4, 0.5) is 0 Å². The van der Waals surface area contributed by atoms with Gasteiger partial charge in [-0.25, -0.2) is 26.3 Å². The molecule has 2 aromatic rings. The van der Waals surface area contributed by atoms with Crippen molar-refractivity contribution in [3.05, 3.63) is 58.6 Å². The number of hydrogen-bond acceptors (Lipinski definition) is 4. The Labute approximate surface area is 147 Å². The van der Waals surface area contributed by atoms with Gasteiger partial charge in [0.25, 0.3) is 0 Å². The van der Waals surface area contributed by atoms with Crippen LogP contribution in [0.2, 0.25) is 5.02 Å². The average molecular weight is 389 g/mol. The summed E-state index contributed by atoms with van der Waals surface area (Å²) < 4.78 is 53.0. The lowest BCUT2D eigenvalue weighted by Gasteiger charge is -2.10. The molecule has 0 aliphatic carbocycles. The number of aryl methyl sites for hydroxylation is 1. The van der Waals surface area contributed by atoms with E-state index in [-0.39, 0.29) is 16.3 Å². The Balaban J connectivity index is 2.23. The van der Waals surface area contributed by atoms with E-state index in [4.69, 9.17) is 11.6 Å². The zero-order chi connectivity index (χ0) is 18.0. The van der Waals surface area contributed by atoms with Crippen molar-refractivity contribution >= 4 is 31.6 Å². The van der Waals surface area contributed by atoms with Crippen LogP contribution in [-0.2, 0) is 26.6 Å². The molecule has 0 saturated heterocycles. The number of hydrogen-bond donors (Lipinski definition) is 2. The molecular weight excluding hydrogens is 372 g/mol. The third-order valence-electron chi connectivity index (χ3n) is 3.37. The van der Waals surface area contributed by atoms with Gasteiger partial charge in [0.15, 0.2) is 0 Å². The largest absolute Gasteiger partial charge is 0.241 e. The Kier molecular flexibility index (Phi) is 5.67. The Morgan fingerprint density at radius 2 is 1.71 bits per heavy atom. The number of rotatable bonds is 6. The van der Waals surface area contributed by atoms with Crippen molar-refractivity contribution in [1.82, 2.24) is 9.44 Å². The molecule has 0 amide bonds. The summed E-state index contributed by atoms with van der Waals surface area (Å²) in [6.45, 7) is 1.62. The summed E-state index contributed by atoms with van der Waals surface area (Å²) >= 11 is 5.84. The van der Waals surface area contributed by atoms with Crippen LogP contribution in [0.3, 0.4) is 0 Å². The van der Waals surface area contributed by atoms with Crippen LogP contribution in [0.25, 0.3) is 0 Å². The van der Waals surface area contributed by atoms with Crippen LogP contribution in [0.5, 0.6) is 0 Å². The van der Waals surface area contributed by atoms with Gasteiger partial charge in [0.2, 0.25) is 20.0 Å². The molecule has 0 aromatic heterocycles. The SMILES string of the molecule is CNS(=O)(=O)c1cccc(CNS(=O)(=O)c2ccc(Cl)cc2C)c1. The maximum atomic E-state index is 12.4. The molecule has 130 valence electrons. The quantitative estimate of drug-likeness (QED) is 0.791. The molecule has 0 heterocycles. The number of nitrogens with one attached hydrogen (secondary N) is 2. The number of halogens is 1. The zero-order valence-corrected chi connectivity index (χ0v) is 15.5. The lowest BCUT2D eigenvalue weighted by molar-refractivity contribution is 0.580. The minimum atomic E-state index is -3.73. The molecule has 9 heteroatoms. The summed E-state index contributed by atoms with van der Waals surface area (Å²) in [6, 6.07) is 10.6. The molecule has 0 spiro atoms. The van der Waals surface area contributed by atoms with Gasteiger partial charge in [0, 0.05) is 11.6 Å². The predicted octanol–water partition coefficient (Wildman–Crippen LogP) is 2.04. The lowest BCUT2D eigenvalue weighted by atomic mass is 10.2. The van der Waals surface area contributed by atoms with Crippen molar-refractivity contribution in [2.45, 2.75) is 23.3 Å². The molecule has 0 saturated carbocycles. The average Bonchev–Trinajstić information content (AvgIpc) is 2.53. The van der Waals surface area contributed by atoms with Crippen molar-refractivity contribution in [2.24, 2.45) is 0 Å². The highest BCUT2D eigenvalue weighted by molar-refractivity contribution is 7.89. The summed E-state index contributed by atoms with van der Waals surface area (Å²) in [5.74, 6) is 0. The highest BCUT2D eigenvalue weighted by atomic mass is 35.5. The third kappa shape index (κ3) is 4.34. The van der Waals surface area contributed by atoms with Crippen LogP contribution >= 0.6 is 11.6 Å². The van der Waals surface area contributed by atoms with Gasteiger partial charge >= 0.3 is 0 Å². The predicted molar refractivity (Wildman–Crippen MR) is 92.9 cm³/mol. The smallest absolute Gasteiger partial charge is 0.214 e. The molecule has 24 heavy (non-hydrogen) atoms. The van der Waals surface area contributed by atoms with Crippen LogP contribution in [0.1, 0.15) is 11.1 Å². The normalized spacial score (nSPS) is 12.3. The van der Waals surface area contributed by atoms with E-state index >= 15 is 0 Å². The molecule has 0 bridgehead atoms. The first-order valence-electron chi connectivity index (χ1n) is 6.94. The van der Waals surface area contributed by atoms with E-state index < -0.39 is 20.0 Å². The molecule has 0 radical (unpaired) electrons. The second-order valence-corrected chi connectivity index (χ2v) is 9.15. The second-order valence-electron chi connectivity index (χ2n) is 5.09. The molecular formula is C15H17ClN2O4S2. The van der Waals surface area contributed by atoms with E-state index in [9.17, 15) is 16.8 Å². The minimum Gasteiger partial charge on any atom is -0.214 e. The molecule has 0 fully saturated rings. The van der Waals surface area contributed by atoms with Crippen molar-refractivity contribution < 1.29 is 16.8 Å². The first kappa shape index (κ1) is 18.9. The van der Waals surface area contributed by atoms with Crippen molar-refractivity contribution in [3.63, 3.8) is 0 Å². The summed E-state index contributed by atoms with van der Waals surface area (Å²) in [6.07, 6.45) is 0. The highest BCUT2D eigenvalue weighted by Gasteiger charge is 2.17. The fraction of sp³-hybridized carbons (Fsp3) is 0.200. The van der Waals surface area contributed by atoms with Crippen LogP contribution in [0, 0.1) is 6.92 Å². The molecule has 6 nitrogen and oxygen atoms in total. The van der Waals surface area contributed by atoms with Crippen molar-refractivity contribution in [2.75, 3.05) is 7.05 Å². The van der Waals surface area contributed by atoms with E-state index in [2.05, 4.69) is 9.44 Å². The topological polar surface area (TPSA) is 92.3 Å². The maximum Gasteiger partial charge on any atom is 0.241 e. The Hall–Kier alpha value is -1.45. The lowest BCUT2D eigenvalue weighted by Crippen LogP contribution is -2.24. The van der Waals surface area contributed by atoms with Crippen LogP contribution in [-0.4, -0.2) is 23.9 Å². The van der Waals surface area contributed by atoms with Gasteiger partial charge in [-0.1, -0.05) is 23.7 Å². The molecule has 0 atom stereocenters. The van der Waals surface area contributed by atoms with Crippen molar-refractivity contribution in [1.29, 1.82) is 0 Å². The van der Waals surface area contributed by atoms with Crippen LogP contribution < -0.4 is 9.44 Å². The first-order valence-corrected chi connectivity index (χ1v) is 10.3. The van der Waals surface area contributed by atoms with E-state index in [1.165, 1.54) is 31.3 Å². The maximum absolute atomic E-state index is 12.4. The Bertz CT molecular complexity index is 957. The summed E-state index contributed by atoms with van der Waals surface area (Å²) in [4.78, 5) is 0.204. The summed E-state index contributed by atoms with van der Waals surface area (Å²) in [7, 11) is -6.00. The molecule has 0 aliphatic rings. The Morgan fingerprint density at radius 3 is 2.33 bits per heavy atom. The van der Waals surface area contributed by atoms with Gasteiger partial charge in [0.05, 0.1) is 9.79 Å². The second kappa shape index (κ2) is 7.20. The molecule has 2 rings (SSSR count). The minimum absolute atomic E-state index is 0.0303. The van der Waals surface area contributed by atoms with Crippen LogP contribution in [0.15, 0.2) is 52.3 Å². The summed E-state index contributed by atoms with van der Waals surface area (Å²) in [5.41, 5.74) is 1.06. The van der Waals surface area contributed by atoms with Gasteiger partial charge < -0.3 is 0 Å². The number of benzene rings is 2. The fourth-order valence-electron chi connectivity index (χ4n) is 2.11. The van der Waals surface area contributed by atoms with E-state index in [0.29, 0.717) is 16.1 Å². The highest BCUT2D eigenvalue weighted by Crippen LogP contribution is 2.20. The summed E-state index contributed by atoms with van der Waals surface area (Å²) in [5, 5.41) is 0.455. The van der Waals surface area contributed by atoms with Gasteiger partial charge in [0.1, 0.15) is 0 Å². The van der Waals surface area contributed by atoms with E-state index in [0.717, 1.165) is 0 Å². The van der Waals surface area contributed by atoms with E-state index in [1.807, 2.05) is 0 Å². The van der Waals surface area contributed by atoms with Gasteiger partial charge in [-0.15, -0.1) is 0 Å². The van der Waals surface area contributed by atoms with E-state index in [1.54, 1.807) is 25.1 Å². The van der Waals surface area contributed by atoms with Gasteiger partial charge in [-0.05, 0) is 55.4 Å². The number of sulfonamides is 2. The van der Waals surface area contributed by atoms with Crippen molar-refractivity contribution in [3.8, 4) is 0 Å². The molecule has 2 aromatic carbocycles.